The molecule has 2 aliphatic rings. The number of hydrogen-bond donors (Lipinski definition) is 0. The van der Waals surface area contributed by atoms with Crippen LogP contribution in [-0.4, -0.2) is 71.1 Å². The number of aromatic nitrogens is 2. The molecule has 0 saturated carbocycles. The number of amides is 1. The summed E-state index contributed by atoms with van der Waals surface area (Å²) in [7, 11) is -1.07. The van der Waals surface area contributed by atoms with E-state index >= 15 is 0 Å². The summed E-state index contributed by atoms with van der Waals surface area (Å²) in [5.74, 6) is -0.107. The summed E-state index contributed by atoms with van der Waals surface area (Å²) in [6.45, 7) is 8.27. The van der Waals surface area contributed by atoms with Gasteiger partial charge in [-0.15, -0.1) is 6.58 Å². The van der Waals surface area contributed by atoms with E-state index in [1.165, 1.54) is 0 Å². The van der Waals surface area contributed by atoms with Crippen molar-refractivity contribution in [2.75, 3.05) is 31.6 Å². The van der Waals surface area contributed by atoms with Gasteiger partial charge >= 0.3 is 0 Å². The van der Waals surface area contributed by atoms with Crippen molar-refractivity contribution in [3.63, 3.8) is 0 Å². The van der Waals surface area contributed by atoms with Gasteiger partial charge < -0.3 is 4.90 Å². The highest BCUT2D eigenvalue weighted by Gasteiger charge is 2.45. The molecular formula is C16H24N4O3S. The number of carbonyl (C=O) groups is 1. The van der Waals surface area contributed by atoms with Gasteiger partial charge in [0.15, 0.2) is 15.5 Å². The smallest absolute Gasteiger partial charge is 0.275 e. The van der Waals surface area contributed by atoms with Gasteiger partial charge in [-0.25, -0.2) is 8.42 Å². The number of carbonyl (C=O) groups excluding carboxylic acids is 1. The lowest BCUT2D eigenvalue weighted by Gasteiger charge is -2.36. The first kappa shape index (κ1) is 17.2. The van der Waals surface area contributed by atoms with Crippen molar-refractivity contribution < 1.29 is 13.2 Å². The van der Waals surface area contributed by atoms with E-state index in [1.807, 2.05) is 24.7 Å². The Morgan fingerprint density at radius 1 is 1.50 bits per heavy atom. The standard InChI is InChI=1S/C16H24N4O3S/c1-4-6-19(16(2)5-9-24(22,23)12-16)15(21)14-10-13-11-18(3)7-8-20(13)17-14/h4,10H,1,5-9,11-12H2,2-3H3/t16-/m0/s1. The first-order valence-electron chi connectivity index (χ1n) is 8.13. The van der Waals surface area contributed by atoms with E-state index in [2.05, 4.69) is 16.6 Å². The minimum atomic E-state index is -3.10. The summed E-state index contributed by atoms with van der Waals surface area (Å²) >= 11 is 0. The van der Waals surface area contributed by atoms with Gasteiger partial charge in [0.25, 0.3) is 5.91 Å². The van der Waals surface area contributed by atoms with Crippen LogP contribution in [0.15, 0.2) is 18.7 Å². The number of hydrogen-bond acceptors (Lipinski definition) is 5. The summed E-state index contributed by atoms with van der Waals surface area (Å²) < 4.78 is 25.7. The van der Waals surface area contributed by atoms with Crippen molar-refractivity contribution in [2.45, 2.75) is 32.0 Å². The Kier molecular flexibility index (Phi) is 4.29. The molecule has 3 rings (SSSR count). The number of likely N-dealkylation sites (N-methyl/N-ethyl adjacent to an activating group) is 1. The molecule has 0 N–H and O–H groups in total. The minimum absolute atomic E-state index is 0.00408. The van der Waals surface area contributed by atoms with E-state index in [0.29, 0.717) is 18.7 Å². The maximum Gasteiger partial charge on any atom is 0.275 e. The topological polar surface area (TPSA) is 75.5 Å². The Labute approximate surface area is 142 Å². The zero-order valence-electron chi connectivity index (χ0n) is 14.2. The fraction of sp³-hybridized carbons (Fsp3) is 0.625. The summed E-state index contributed by atoms with van der Waals surface area (Å²) in [6, 6.07) is 1.82. The Hall–Kier alpha value is -1.67. The fourth-order valence-electron chi connectivity index (χ4n) is 3.52. The summed E-state index contributed by atoms with van der Waals surface area (Å²) in [6.07, 6.45) is 2.09. The van der Waals surface area contributed by atoms with E-state index < -0.39 is 15.4 Å². The second-order valence-electron chi connectivity index (χ2n) is 7.03. The number of nitrogens with zero attached hydrogens (tertiary/aromatic N) is 4. The molecule has 1 saturated heterocycles. The van der Waals surface area contributed by atoms with Gasteiger partial charge in [0.1, 0.15) is 0 Å². The maximum atomic E-state index is 13.0. The van der Waals surface area contributed by atoms with E-state index in [0.717, 1.165) is 25.3 Å². The Morgan fingerprint density at radius 3 is 2.88 bits per heavy atom. The molecule has 132 valence electrons. The lowest BCUT2D eigenvalue weighted by Crippen LogP contribution is -2.51. The van der Waals surface area contributed by atoms with Crippen LogP contribution in [0.1, 0.15) is 29.5 Å². The van der Waals surface area contributed by atoms with Crippen LogP contribution in [0.25, 0.3) is 0 Å². The first-order chi connectivity index (χ1) is 11.2. The molecule has 0 radical (unpaired) electrons. The third-order valence-corrected chi connectivity index (χ3v) is 6.79. The SMILES string of the molecule is C=CCN(C(=O)c1cc2n(n1)CCN(C)C2)[C@@]1(C)CCS(=O)(=O)C1. The van der Waals surface area contributed by atoms with E-state index in [-0.39, 0.29) is 17.4 Å². The second kappa shape index (κ2) is 6.00. The highest BCUT2D eigenvalue weighted by Crippen LogP contribution is 2.31. The predicted octanol–water partition coefficient (Wildman–Crippen LogP) is 0.534. The highest BCUT2D eigenvalue weighted by atomic mass is 32.2. The Balaban J connectivity index is 1.89. The Bertz CT molecular complexity index is 770. The van der Waals surface area contributed by atoms with Crippen LogP contribution in [0.3, 0.4) is 0 Å². The van der Waals surface area contributed by atoms with E-state index in [1.54, 1.807) is 11.0 Å². The van der Waals surface area contributed by atoms with Gasteiger partial charge in [0, 0.05) is 19.6 Å². The molecule has 0 unspecified atom stereocenters. The maximum absolute atomic E-state index is 13.0. The molecule has 3 heterocycles. The monoisotopic (exact) mass is 352 g/mol. The third-order valence-electron chi connectivity index (χ3n) is 4.90. The molecule has 0 aromatic carbocycles. The zero-order valence-corrected chi connectivity index (χ0v) is 15.0. The molecular weight excluding hydrogens is 328 g/mol. The number of fused-ring (bicyclic) bond motifs is 1. The minimum Gasteiger partial charge on any atom is -0.327 e. The largest absolute Gasteiger partial charge is 0.327 e. The van der Waals surface area contributed by atoms with Gasteiger partial charge in [0.2, 0.25) is 0 Å². The van der Waals surface area contributed by atoms with Crippen LogP contribution in [0.5, 0.6) is 0 Å². The van der Waals surface area contributed by atoms with Crippen LogP contribution < -0.4 is 0 Å². The molecule has 1 amide bonds. The zero-order chi connectivity index (χ0) is 17.5. The van der Waals surface area contributed by atoms with Crippen molar-refractivity contribution in [2.24, 2.45) is 0 Å². The molecule has 0 bridgehead atoms. The van der Waals surface area contributed by atoms with Crippen molar-refractivity contribution >= 4 is 15.7 Å². The van der Waals surface area contributed by atoms with Crippen LogP contribution in [0, 0.1) is 0 Å². The van der Waals surface area contributed by atoms with Crippen molar-refractivity contribution in [1.82, 2.24) is 19.6 Å². The molecule has 1 aromatic heterocycles. The van der Waals surface area contributed by atoms with Crippen molar-refractivity contribution in [3.05, 3.63) is 30.1 Å². The summed E-state index contributed by atoms with van der Waals surface area (Å²) in [5, 5.41) is 4.44. The number of sulfone groups is 1. The van der Waals surface area contributed by atoms with Gasteiger partial charge in [-0.2, -0.15) is 5.10 Å². The molecule has 2 aliphatic heterocycles. The quantitative estimate of drug-likeness (QED) is 0.739. The molecule has 0 aliphatic carbocycles. The fourth-order valence-corrected chi connectivity index (χ4v) is 5.67. The molecule has 8 heteroatoms. The van der Waals surface area contributed by atoms with E-state index in [4.69, 9.17) is 0 Å². The molecule has 24 heavy (non-hydrogen) atoms. The van der Waals surface area contributed by atoms with Crippen LogP contribution in [0.2, 0.25) is 0 Å². The summed E-state index contributed by atoms with van der Waals surface area (Å²) in [5.41, 5.74) is 0.688. The normalized spacial score (nSPS) is 26.1. The summed E-state index contributed by atoms with van der Waals surface area (Å²) in [4.78, 5) is 16.8. The molecule has 1 atom stereocenters. The van der Waals surface area contributed by atoms with Gasteiger partial charge in [-0.05, 0) is 26.5 Å². The van der Waals surface area contributed by atoms with Crippen molar-refractivity contribution in [3.8, 4) is 0 Å². The van der Waals surface area contributed by atoms with Gasteiger partial charge in [0.05, 0.1) is 29.3 Å². The average molecular weight is 352 g/mol. The Morgan fingerprint density at radius 2 is 2.25 bits per heavy atom. The van der Waals surface area contributed by atoms with Gasteiger partial charge in [-0.3, -0.25) is 14.4 Å². The first-order valence-corrected chi connectivity index (χ1v) is 9.95. The van der Waals surface area contributed by atoms with Crippen molar-refractivity contribution in [1.29, 1.82) is 0 Å². The average Bonchev–Trinajstić information content (AvgIpc) is 3.04. The van der Waals surface area contributed by atoms with Crippen LogP contribution in [0.4, 0.5) is 0 Å². The van der Waals surface area contributed by atoms with Gasteiger partial charge in [-0.1, -0.05) is 6.08 Å². The van der Waals surface area contributed by atoms with E-state index in [9.17, 15) is 13.2 Å². The molecule has 0 spiro atoms. The molecule has 1 fully saturated rings. The number of rotatable bonds is 4. The lowest BCUT2D eigenvalue weighted by atomic mass is 9.98. The predicted molar refractivity (Wildman–Crippen MR) is 91.5 cm³/mol. The van der Waals surface area contributed by atoms with Crippen LogP contribution >= 0.6 is 0 Å². The highest BCUT2D eigenvalue weighted by molar-refractivity contribution is 7.91. The molecule has 1 aromatic rings. The third kappa shape index (κ3) is 3.12. The van der Waals surface area contributed by atoms with Crippen LogP contribution in [-0.2, 0) is 22.9 Å². The lowest BCUT2D eigenvalue weighted by molar-refractivity contribution is 0.0589. The molecule has 7 nitrogen and oxygen atoms in total. The second-order valence-corrected chi connectivity index (χ2v) is 9.21.